The Morgan fingerprint density at radius 2 is 1.74 bits per heavy atom. The molecule has 0 bridgehead atoms. The maximum Gasteiger partial charge on any atom is 0.418 e. The Morgan fingerprint density at radius 3 is 2.38 bits per heavy atom. The van der Waals surface area contributed by atoms with E-state index in [1.807, 2.05) is 0 Å². The van der Waals surface area contributed by atoms with Gasteiger partial charge in [0, 0.05) is 27.4 Å². The number of hydrogen-bond acceptors (Lipinski definition) is 5. The van der Waals surface area contributed by atoms with Crippen molar-refractivity contribution in [2.75, 3.05) is 6.61 Å². The molecule has 0 fully saturated rings. The number of carbonyl (C=O) groups excluding carboxylic acids is 2. The first-order valence-electron chi connectivity index (χ1n) is 14.0. The van der Waals surface area contributed by atoms with Crippen molar-refractivity contribution in [2.45, 2.75) is 45.5 Å². The Hall–Kier alpha value is -4.23. The van der Waals surface area contributed by atoms with Crippen LogP contribution < -0.4 is 10.9 Å². The van der Waals surface area contributed by atoms with Crippen LogP contribution in [0.4, 0.5) is 22.0 Å². The molecule has 0 aliphatic heterocycles. The van der Waals surface area contributed by atoms with E-state index in [0.717, 1.165) is 12.1 Å². The number of pyridine rings is 1. The second-order valence-corrected chi connectivity index (χ2v) is 11.9. The van der Waals surface area contributed by atoms with Crippen molar-refractivity contribution in [1.29, 1.82) is 0 Å². The van der Waals surface area contributed by atoms with Crippen molar-refractivity contribution in [3.05, 3.63) is 120 Å². The minimum atomic E-state index is -5.01. The zero-order chi connectivity index (χ0) is 34.8. The second kappa shape index (κ2) is 14.3. The molecule has 1 unspecified atom stereocenters. The van der Waals surface area contributed by atoms with Gasteiger partial charge in [-0.1, -0.05) is 39.7 Å². The maximum absolute atomic E-state index is 15.9. The highest BCUT2D eigenvalue weighted by molar-refractivity contribution is 9.10. The highest BCUT2D eigenvalue weighted by atomic mass is 79.9. The van der Waals surface area contributed by atoms with Crippen molar-refractivity contribution in [3.8, 4) is 16.9 Å². The van der Waals surface area contributed by atoms with Gasteiger partial charge in [0.25, 0.3) is 5.56 Å². The zero-order valence-corrected chi connectivity index (χ0v) is 27.4. The lowest BCUT2D eigenvalue weighted by atomic mass is 9.92. The number of esters is 1. The number of benzene rings is 3. The summed E-state index contributed by atoms with van der Waals surface area (Å²) in [6.07, 6.45) is -4.99. The van der Waals surface area contributed by atoms with Crippen molar-refractivity contribution in [1.82, 2.24) is 9.88 Å². The van der Waals surface area contributed by atoms with Crippen molar-refractivity contribution < 1.29 is 41.4 Å². The summed E-state index contributed by atoms with van der Waals surface area (Å²) in [6.45, 7) is 4.63. The Morgan fingerprint density at radius 1 is 1.04 bits per heavy atom. The average molecular weight is 742 g/mol. The van der Waals surface area contributed by atoms with E-state index >= 15 is 8.78 Å². The van der Waals surface area contributed by atoms with E-state index in [2.05, 4.69) is 21.2 Å². The molecule has 14 heteroatoms. The molecule has 4 aromatic rings. The summed E-state index contributed by atoms with van der Waals surface area (Å²) in [7, 11) is 0. The van der Waals surface area contributed by atoms with Gasteiger partial charge in [0.2, 0.25) is 5.91 Å². The van der Waals surface area contributed by atoms with E-state index < -0.39 is 69.9 Å². The molecule has 1 aromatic heterocycles. The summed E-state index contributed by atoms with van der Waals surface area (Å²) in [5, 5.41) is 11.8. The molecule has 2 N–H and O–H groups in total. The van der Waals surface area contributed by atoms with E-state index in [4.69, 9.17) is 16.3 Å². The topological polar surface area (TPSA) is 97.6 Å². The van der Waals surface area contributed by atoms with Crippen LogP contribution in [0.3, 0.4) is 0 Å². The van der Waals surface area contributed by atoms with Gasteiger partial charge in [0.15, 0.2) is 0 Å². The number of ether oxygens (including phenoxy) is 1. The van der Waals surface area contributed by atoms with Gasteiger partial charge in [-0.15, -0.1) is 0 Å². The second-order valence-electron chi connectivity index (χ2n) is 10.6. The van der Waals surface area contributed by atoms with Crippen LogP contribution in [-0.2, 0) is 20.5 Å². The van der Waals surface area contributed by atoms with Crippen LogP contribution in [0.25, 0.3) is 11.1 Å². The molecule has 7 nitrogen and oxygen atoms in total. The van der Waals surface area contributed by atoms with Crippen molar-refractivity contribution in [3.63, 3.8) is 0 Å². The maximum atomic E-state index is 15.9. The van der Waals surface area contributed by atoms with Gasteiger partial charge < -0.3 is 15.2 Å². The normalized spacial score (nSPS) is 12.8. The van der Waals surface area contributed by atoms with Crippen LogP contribution in [0.15, 0.2) is 70.1 Å². The lowest BCUT2D eigenvalue weighted by Gasteiger charge is -2.26. The predicted molar refractivity (Wildman–Crippen MR) is 168 cm³/mol. The molecule has 2 atom stereocenters. The number of hydrogen-bond donors (Lipinski definition) is 2. The third-order valence-corrected chi connectivity index (χ3v) is 8.19. The summed E-state index contributed by atoms with van der Waals surface area (Å²) >= 11 is 8.98. The number of nitrogens with zero attached hydrogens (tertiary/aromatic N) is 1. The van der Waals surface area contributed by atoms with Gasteiger partial charge >= 0.3 is 12.1 Å². The molecule has 0 spiro atoms. The van der Waals surface area contributed by atoms with Gasteiger partial charge in [-0.05, 0) is 79.9 Å². The number of amides is 1. The molecule has 248 valence electrons. The molecule has 0 radical (unpaired) electrons. The molecule has 4 rings (SSSR count). The molecule has 0 aliphatic carbocycles. The Bertz CT molecular complexity index is 1890. The summed E-state index contributed by atoms with van der Waals surface area (Å²) < 4.78 is 77.5. The first kappa shape index (κ1) is 35.6. The van der Waals surface area contributed by atoms with E-state index in [0.29, 0.717) is 33.5 Å². The summed E-state index contributed by atoms with van der Waals surface area (Å²) in [5.41, 5.74) is -2.16. The largest absolute Gasteiger partial charge is 0.507 e. The lowest BCUT2D eigenvalue weighted by molar-refractivity contribution is -0.144. The van der Waals surface area contributed by atoms with Gasteiger partial charge in [0.1, 0.15) is 28.4 Å². The fourth-order valence-corrected chi connectivity index (χ4v) is 5.83. The number of aromatic hydroxyl groups is 1. The smallest absolute Gasteiger partial charge is 0.418 e. The molecule has 1 amide bonds. The first-order valence-corrected chi connectivity index (χ1v) is 15.2. The van der Waals surface area contributed by atoms with Crippen molar-refractivity contribution >= 4 is 39.4 Å². The Labute approximate surface area is 279 Å². The zero-order valence-electron chi connectivity index (χ0n) is 25.0. The van der Waals surface area contributed by atoms with E-state index in [-0.39, 0.29) is 28.0 Å². The number of phenols is 1. The molecule has 1 heterocycles. The quantitative estimate of drug-likeness (QED) is 0.134. The van der Waals surface area contributed by atoms with Crippen LogP contribution in [-0.4, -0.2) is 28.2 Å². The Kier molecular flexibility index (Phi) is 10.8. The van der Waals surface area contributed by atoms with Crippen LogP contribution >= 0.6 is 27.5 Å². The van der Waals surface area contributed by atoms with Gasteiger partial charge in [-0.25, -0.2) is 8.78 Å². The van der Waals surface area contributed by atoms with Crippen LogP contribution in [0.5, 0.6) is 5.75 Å². The highest BCUT2D eigenvalue weighted by Crippen LogP contribution is 2.37. The van der Waals surface area contributed by atoms with Gasteiger partial charge in [-0.2, -0.15) is 13.2 Å². The SMILES string of the molecule is CCOC(=O)C[C@H](NC(=O)C(c1cc(Br)ccc1F)n1ccc(C(F)(F)F)c(Cl)c1=O)c1cc(-c2c(C)cccc2O)cc(C)c1F. The minimum absolute atomic E-state index is 0.0521. The van der Waals surface area contributed by atoms with Crippen LogP contribution in [0.1, 0.15) is 53.2 Å². The molecular formula is C33H27BrClF5N2O5. The number of rotatable bonds is 9. The molecule has 47 heavy (non-hydrogen) atoms. The standard InChI is InChI=1S/C33H27BrClF5N2O5/c1-4-47-26(44)15-24(21-13-18(12-17(3)29(21)37)27-16(2)6-5-7-25(27)43)41-31(45)30(20-14-19(34)8-9-23(20)36)42-11-10-22(33(38,39)40)28(35)32(42)46/h5-14,24,30,43H,4,15H2,1-3H3,(H,41,45)/t24-,30?/m0/s1. The molecular weight excluding hydrogens is 715 g/mol. The summed E-state index contributed by atoms with van der Waals surface area (Å²) in [4.78, 5) is 40.0. The number of carbonyl (C=O) groups is 2. The third-order valence-electron chi connectivity index (χ3n) is 7.34. The van der Waals surface area contributed by atoms with Gasteiger partial charge in [-0.3, -0.25) is 19.0 Å². The van der Waals surface area contributed by atoms with Crippen molar-refractivity contribution in [2.24, 2.45) is 0 Å². The van der Waals surface area contributed by atoms with Crippen LogP contribution in [0.2, 0.25) is 5.02 Å². The Balaban J connectivity index is 1.91. The summed E-state index contributed by atoms with van der Waals surface area (Å²) in [6, 6.07) is 7.96. The number of alkyl halides is 3. The van der Waals surface area contributed by atoms with Gasteiger partial charge in [0.05, 0.1) is 24.6 Å². The number of aromatic nitrogens is 1. The first-order chi connectivity index (χ1) is 22.0. The fraction of sp³-hybridized carbons (Fsp3) is 0.242. The molecule has 3 aromatic carbocycles. The monoisotopic (exact) mass is 740 g/mol. The minimum Gasteiger partial charge on any atom is -0.507 e. The average Bonchev–Trinajstić information content (AvgIpc) is 2.98. The number of phenolic OH excluding ortho intramolecular Hbond substituents is 1. The lowest BCUT2D eigenvalue weighted by Crippen LogP contribution is -2.41. The molecule has 0 saturated heterocycles. The number of halogens is 7. The third kappa shape index (κ3) is 7.68. The van der Waals surface area contributed by atoms with E-state index in [1.165, 1.54) is 38.1 Å². The number of aryl methyl sites for hydroxylation is 2. The molecule has 0 saturated carbocycles. The van der Waals surface area contributed by atoms with E-state index in [1.54, 1.807) is 19.1 Å². The molecule has 0 aliphatic rings. The summed E-state index contributed by atoms with van der Waals surface area (Å²) in [5.74, 6) is -3.97. The predicted octanol–water partition coefficient (Wildman–Crippen LogP) is 7.95. The number of nitrogens with one attached hydrogen (secondary N) is 1. The van der Waals surface area contributed by atoms with E-state index in [9.17, 15) is 32.7 Å². The highest BCUT2D eigenvalue weighted by Gasteiger charge is 2.37. The van der Waals surface area contributed by atoms with Crippen LogP contribution in [0, 0.1) is 25.5 Å². The fourth-order valence-electron chi connectivity index (χ4n) is 5.19.